The van der Waals surface area contributed by atoms with Crippen LogP contribution in [0, 0.1) is 12.8 Å². The zero-order chi connectivity index (χ0) is 16.3. The maximum absolute atomic E-state index is 12.0. The first-order chi connectivity index (χ1) is 10.4. The fourth-order valence-electron chi connectivity index (χ4n) is 2.05. The number of carbonyl (C=O) groups excluding carboxylic acids is 1. The zero-order valence-corrected chi connectivity index (χ0v) is 14.5. The Labute approximate surface area is 139 Å². The fraction of sp³-hybridized carbons (Fsp3) is 0.375. The number of halogens is 1. The van der Waals surface area contributed by atoms with Crippen LogP contribution in [-0.2, 0) is 4.79 Å². The van der Waals surface area contributed by atoms with Crippen LogP contribution < -0.4 is 11.1 Å². The molecular formula is C16H20ClN3OS. The second kappa shape index (κ2) is 7.22. The molecule has 118 valence electrons. The molecule has 1 aromatic carbocycles. The van der Waals surface area contributed by atoms with Crippen molar-refractivity contribution >= 4 is 28.8 Å². The van der Waals surface area contributed by atoms with Crippen LogP contribution in [-0.4, -0.2) is 17.4 Å². The minimum absolute atomic E-state index is 0.0316. The molecule has 1 heterocycles. The van der Waals surface area contributed by atoms with Crippen LogP contribution >= 0.6 is 22.9 Å². The molecule has 6 heteroatoms. The maximum atomic E-state index is 12.0. The van der Waals surface area contributed by atoms with E-state index in [1.807, 2.05) is 45.0 Å². The molecule has 0 saturated carbocycles. The number of amides is 1. The van der Waals surface area contributed by atoms with E-state index in [0.717, 1.165) is 21.1 Å². The molecule has 0 saturated heterocycles. The number of rotatable bonds is 5. The van der Waals surface area contributed by atoms with Gasteiger partial charge in [0.05, 0.1) is 16.6 Å². The first-order valence-corrected chi connectivity index (χ1v) is 8.35. The number of benzene rings is 1. The van der Waals surface area contributed by atoms with Crippen molar-refractivity contribution < 1.29 is 4.79 Å². The van der Waals surface area contributed by atoms with Gasteiger partial charge in [-0.05, 0) is 26.0 Å². The van der Waals surface area contributed by atoms with Crippen molar-refractivity contribution in [3.63, 3.8) is 0 Å². The summed E-state index contributed by atoms with van der Waals surface area (Å²) in [7, 11) is 0. The molecule has 1 aromatic heterocycles. The molecular weight excluding hydrogens is 318 g/mol. The topological polar surface area (TPSA) is 68.0 Å². The Balaban J connectivity index is 2.19. The van der Waals surface area contributed by atoms with E-state index in [1.165, 1.54) is 0 Å². The average molecular weight is 338 g/mol. The number of hydrogen-bond donors (Lipinski definition) is 2. The minimum atomic E-state index is -0.189. The van der Waals surface area contributed by atoms with Gasteiger partial charge in [-0.15, -0.1) is 11.3 Å². The molecule has 0 aliphatic rings. The monoisotopic (exact) mass is 337 g/mol. The van der Waals surface area contributed by atoms with Crippen molar-refractivity contribution in [3.05, 3.63) is 39.9 Å². The molecule has 2 rings (SSSR count). The Bertz CT molecular complexity index is 654. The third-order valence-electron chi connectivity index (χ3n) is 3.48. The number of aromatic nitrogens is 1. The molecule has 2 atom stereocenters. The summed E-state index contributed by atoms with van der Waals surface area (Å²) >= 11 is 7.50. The molecule has 0 aliphatic carbocycles. The van der Waals surface area contributed by atoms with Gasteiger partial charge in [-0.25, -0.2) is 4.98 Å². The van der Waals surface area contributed by atoms with E-state index < -0.39 is 0 Å². The summed E-state index contributed by atoms with van der Waals surface area (Å²) in [6, 6.07) is 7.51. The number of nitrogens with one attached hydrogen (secondary N) is 1. The Morgan fingerprint density at radius 3 is 2.59 bits per heavy atom. The normalized spacial score (nSPS) is 13.7. The Hall–Kier alpha value is -1.43. The molecule has 0 aliphatic heterocycles. The Morgan fingerprint density at radius 1 is 1.36 bits per heavy atom. The molecule has 0 spiro atoms. The van der Waals surface area contributed by atoms with Crippen molar-refractivity contribution in [3.8, 4) is 10.6 Å². The van der Waals surface area contributed by atoms with Crippen LogP contribution in [0.3, 0.4) is 0 Å². The lowest BCUT2D eigenvalue weighted by molar-refractivity contribution is -0.124. The van der Waals surface area contributed by atoms with E-state index in [1.54, 1.807) is 11.3 Å². The minimum Gasteiger partial charge on any atom is -0.348 e. The van der Waals surface area contributed by atoms with Crippen LogP contribution in [0.1, 0.15) is 30.5 Å². The van der Waals surface area contributed by atoms with Crippen LogP contribution in [0.25, 0.3) is 10.6 Å². The summed E-state index contributed by atoms with van der Waals surface area (Å²) in [6.07, 6.45) is 0. The SMILES string of the molecule is Cc1nc(-c2ccc(Cl)cc2)sc1C(C)NC(=O)C(C)CN. The molecule has 4 nitrogen and oxygen atoms in total. The van der Waals surface area contributed by atoms with Crippen LogP contribution in [0.5, 0.6) is 0 Å². The van der Waals surface area contributed by atoms with Gasteiger partial charge < -0.3 is 11.1 Å². The van der Waals surface area contributed by atoms with Gasteiger partial charge in [0.15, 0.2) is 0 Å². The first kappa shape index (κ1) is 16.9. The van der Waals surface area contributed by atoms with Gasteiger partial charge in [0.2, 0.25) is 5.91 Å². The maximum Gasteiger partial charge on any atom is 0.224 e. The highest BCUT2D eigenvalue weighted by atomic mass is 35.5. The van der Waals surface area contributed by atoms with Gasteiger partial charge in [0, 0.05) is 23.0 Å². The van der Waals surface area contributed by atoms with E-state index in [4.69, 9.17) is 17.3 Å². The van der Waals surface area contributed by atoms with Gasteiger partial charge in [-0.3, -0.25) is 4.79 Å². The van der Waals surface area contributed by atoms with Gasteiger partial charge in [-0.2, -0.15) is 0 Å². The van der Waals surface area contributed by atoms with E-state index in [-0.39, 0.29) is 17.9 Å². The smallest absolute Gasteiger partial charge is 0.224 e. The Kier molecular flexibility index (Phi) is 5.56. The van der Waals surface area contributed by atoms with Crippen molar-refractivity contribution in [2.45, 2.75) is 26.8 Å². The lowest BCUT2D eigenvalue weighted by atomic mass is 10.1. The summed E-state index contributed by atoms with van der Waals surface area (Å²) in [5.74, 6) is -0.220. The van der Waals surface area contributed by atoms with E-state index in [9.17, 15) is 4.79 Å². The van der Waals surface area contributed by atoms with Gasteiger partial charge in [0.1, 0.15) is 5.01 Å². The van der Waals surface area contributed by atoms with Crippen LogP contribution in [0.2, 0.25) is 5.02 Å². The molecule has 2 aromatic rings. The van der Waals surface area contributed by atoms with Gasteiger partial charge in [-0.1, -0.05) is 30.7 Å². The highest BCUT2D eigenvalue weighted by molar-refractivity contribution is 7.15. The van der Waals surface area contributed by atoms with E-state index >= 15 is 0 Å². The summed E-state index contributed by atoms with van der Waals surface area (Å²) in [5, 5.41) is 4.62. The predicted molar refractivity (Wildman–Crippen MR) is 92.1 cm³/mol. The lowest BCUT2D eigenvalue weighted by Crippen LogP contribution is -2.34. The van der Waals surface area contributed by atoms with Gasteiger partial charge >= 0.3 is 0 Å². The van der Waals surface area contributed by atoms with E-state index in [0.29, 0.717) is 11.6 Å². The molecule has 2 unspecified atom stereocenters. The van der Waals surface area contributed by atoms with E-state index in [2.05, 4.69) is 10.3 Å². The summed E-state index contributed by atoms with van der Waals surface area (Å²) < 4.78 is 0. The molecule has 1 amide bonds. The van der Waals surface area contributed by atoms with Crippen molar-refractivity contribution in [2.24, 2.45) is 11.7 Å². The van der Waals surface area contributed by atoms with Gasteiger partial charge in [0.25, 0.3) is 0 Å². The summed E-state index contributed by atoms with van der Waals surface area (Å²) in [4.78, 5) is 17.6. The number of nitrogens with two attached hydrogens (primary N) is 1. The molecule has 0 fully saturated rings. The number of thiazole rings is 1. The average Bonchev–Trinajstić information content (AvgIpc) is 2.89. The number of nitrogens with zero attached hydrogens (tertiary/aromatic N) is 1. The predicted octanol–water partition coefficient (Wildman–Crippen LogP) is 3.54. The molecule has 22 heavy (non-hydrogen) atoms. The molecule has 0 radical (unpaired) electrons. The zero-order valence-electron chi connectivity index (χ0n) is 12.9. The second-order valence-electron chi connectivity index (χ2n) is 5.34. The third kappa shape index (κ3) is 3.85. The third-order valence-corrected chi connectivity index (χ3v) is 5.12. The largest absolute Gasteiger partial charge is 0.348 e. The van der Waals surface area contributed by atoms with Crippen molar-refractivity contribution in [2.75, 3.05) is 6.54 Å². The van der Waals surface area contributed by atoms with Crippen LogP contribution in [0.4, 0.5) is 0 Å². The standard InChI is InChI=1S/C16H20ClN3OS/c1-9(8-18)15(21)19-10(2)14-11(3)20-16(22-14)12-4-6-13(17)7-5-12/h4-7,9-10H,8,18H2,1-3H3,(H,19,21). The van der Waals surface area contributed by atoms with Crippen LogP contribution in [0.15, 0.2) is 24.3 Å². The number of aryl methyl sites for hydroxylation is 1. The second-order valence-corrected chi connectivity index (χ2v) is 6.81. The molecule has 3 N–H and O–H groups in total. The number of carbonyl (C=O) groups is 1. The quantitative estimate of drug-likeness (QED) is 0.876. The van der Waals surface area contributed by atoms with Crippen molar-refractivity contribution in [1.29, 1.82) is 0 Å². The molecule has 0 bridgehead atoms. The number of hydrogen-bond acceptors (Lipinski definition) is 4. The Morgan fingerprint density at radius 2 is 2.00 bits per heavy atom. The lowest BCUT2D eigenvalue weighted by Gasteiger charge is -2.15. The first-order valence-electron chi connectivity index (χ1n) is 7.16. The van der Waals surface area contributed by atoms with Crippen molar-refractivity contribution in [1.82, 2.24) is 10.3 Å². The summed E-state index contributed by atoms with van der Waals surface area (Å²) in [5.41, 5.74) is 7.49. The highest BCUT2D eigenvalue weighted by Gasteiger charge is 2.19. The summed E-state index contributed by atoms with van der Waals surface area (Å²) in [6.45, 7) is 6.09. The fourth-order valence-corrected chi connectivity index (χ4v) is 3.25. The highest BCUT2D eigenvalue weighted by Crippen LogP contribution is 2.32.